The van der Waals surface area contributed by atoms with E-state index in [9.17, 15) is 0 Å². The van der Waals surface area contributed by atoms with Crippen LogP contribution in [0.25, 0.3) is 0 Å². The number of piperidine rings is 1. The van der Waals surface area contributed by atoms with Gasteiger partial charge in [0.1, 0.15) is 0 Å². The van der Waals surface area contributed by atoms with Gasteiger partial charge in [0.2, 0.25) is 0 Å². The second-order valence-corrected chi connectivity index (χ2v) is 4.70. The zero-order valence-electron chi connectivity index (χ0n) is 9.84. The first-order chi connectivity index (χ1) is 7.38. The highest BCUT2D eigenvalue weighted by atomic mass is 15.5. The fraction of sp³-hybridized carbons (Fsp3) is 1.00. The Bertz CT molecular complexity index is 171. The van der Waals surface area contributed by atoms with Crippen molar-refractivity contribution in [1.82, 2.24) is 20.7 Å². The summed E-state index contributed by atoms with van der Waals surface area (Å²) in [6.45, 7) is 8.59. The van der Waals surface area contributed by atoms with Crippen LogP contribution in [-0.4, -0.2) is 62.8 Å². The Labute approximate surface area is 93.0 Å². The Morgan fingerprint density at radius 2 is 1.80 bits per heavy atom. The third-order valence-electron chi connectivity index (χ3n) is 3.66. The van der Waals surface area contributed by atoms with Crippen molar-refractivity contribution in [2.24, 2.45) is 5.92 Å². The van der Waals surface area contributed by atoms with E-state index in [4.69, 9.17) is 0 Å². The van der Waals surface area contributed by atoms with E-state index in [0.29, 0.717) is 0 Å². The first-order valence-electron chi connectivity index (χ1n) is 6.24. The van der Waals surface area contributed by atoms with Gasteiger partial charge in [-0.05, 0) is 25.8 Å². The van der Waals surface area contributed by atoms with E-state index < -0.39 is 0 Å². The molecule has 0 unspecified atom stereocenters. The molecule has 0 aromatic heterocycles. The monoisotopic (exact) mass is 212 g/mol. The van der Waals surface area contributed by atoms with Crippen molar-refractivity contribution in [2.75, 3.05) is 52.9 Å². The predicted octanol–water partition coefficient (Wildman–Crippen LogP) is -0.262. The van der Waals surface area contributed by atoms with Crippen molar-refractivity contribution in [1.29, 1.82) is 0 Å². The van der Waals surface area contributed by atoms with Crippen molar-refractivity contribution in [3.05, 3.63) is 0 Å². The number of hydrogen-bond donors (Lipinski definition) is 2. The van der Waals surface area contributed by atoms with Crippen LogP contribution in [0.5, 0.6) is 0 Å². The molecule has 2 aliphatic heterocycles. The lowest BCUT2D eigenvalue weighted by atomic mass is 9.97. The summed E-state index contributed by atoms with van der Waals surface area (Å²) in [6, 6.07) is 0. The standard InChI is InChI=1S/C11H24N4/c1-12-15-6-2-11(3-7-15)10-14-8-4-13-5-9-14/h11-13H,2-10H2,1H3. The van der Waals surface area contributed by atoms with E-state index in [0.717, 1.165) is 5.92 Å². The molecule has 2 heterocycles. The maximum Gasteiger partial charge on any atom is 0.0134 e. The third-order valence-corrected chi connectivity index (χ3v) is 3.66. The summed E-state index contributed by atoms with van der Waals surface area (Å²) in [4.78, 5) is 2.62. The van der Waals surface area contributed by atoms with Gasteiger partial charge in [0.05, 0.1) is 0 Å². The van der Waals surface area contributed by atoms with Gasteiger partial charge in [-0.15, -0.1) is 0 Å². The van der Waals surface area contributed by atoms with E-state index in [-0.39, 0.29) is 0 Å². The molecule has 0 aliphatic carbocycles. The topological polar surface area (TPSA) is 30.5 Å². The van der Waals surface area contributed by atoms with Crippen LogP contribution in [0, 0.1) is 5.92 Å². The van der Waals surface area contributed by atoms with Gasteiger partial charge in [0.15, 0.2) is 0 Å². The van der Waals surface area contributed by atoms with Gasteiger partial charge < -0.3 is 10.2 Å². The number of rotatable bonds is 3. The van der Waals surface area contributed by atoms with Gasteiger partial charge in [-0.25, -0.2) is 5.01 Å². The van der Waals surface area contributed by atoms with Gasteiger partial charge in [-0.2, -0.15) is 0 Å². The van der Waals surface area contributed by atoms with Crippen LogP contribution in [0.2, 0.25) is 0 Å². The summed E-state index contributed by atoms with van der Waals surface area (Å²) in [5.41, 5.74) is 3.24. The molecule has 4 nitrogen and oxygen atoms in total. The molecule has 15 heavy (non-hydrogen) atoms. The summed E-state index contributed by atoms with van der Waals surface area (Å²) in [5, 5.41) is 5.74. The van der Waals surface area contributed by atoms with E-state index in [1.54, 1.807) is 0 Å². The molecule has 0 aromatic carbocycles. The average Bonchev–Trinajstić information content (AvgIpc) is 2.31. The largest absolute Gasteiger partial charge is 0.314 e. The molecule has 2 N–H and O–H groups in total. The van der Waals surface area contributed by atoms with Crippen LogP contribution in [-0.2, 0) is 0 Å². The Balaban J connectivity index is 1.67. The summed E-state index contributed by atoms with van der Waals surface area (Å²) in [7, 11) is 2.02. The van der Waals surface area contributed by atoms with Crippen LogP contribution < -0.4 is 10.7 Å². The molecular weight excluding hydrogens is 188 g/mol. The number of nitrogens with zero attached hydrogens (tertiary/aromatic N) is 2. The van der Waals surface area contributed by atoms with Crippen LogP contribution in [0.1, 0.15) is 12.8 Å². The Kier molecular flexibility index (Phi) is 4.38. The molecule has 2 aliphatic rings. The van der Waals surface area contributed by atoms with E-state index in [1.165, 1.54) is 58.7 Å². The minimum absolute atomic E-state index is 0.924. The molecule has 0 bridgehead atoms. The highest BCUT2D eigenvalue weighted by molar-refractivity contribution is 4.75. The van der Waals surface area contributed by atoms with Crippen LogP contribution >= 0.6 is 0 Å². The van der Waals surface area contributed by atoms with Gasteiger partial charge in [-0.3, -0.25) is 5.43 Å². The molecule has 2 saturated heterocycles. The first-order valence-corrected chi connectivity index (χ1v) is 6.24. The lowest BCUT2D eigenvalue weighted by Gasteiger charge is -2.35. The Morgan fingerprint density at radius 1 is 1.13 bits per heavy atom. The maximum atomic E-state index is 3.41. The summed E-state index contributed by atoms with van der Waals surface area (Å²) >= 11 is 0. The van der Waals surface area contributed by atoms with Gasteiger partial charge in [0, 0.05) is 45.8 Å². The Morgan fingerprint density at radius 3 is 2.40 bits per heavy atom. The number of hydrogen-bond acceptors (Lipinski definition) is 4. The molecule has 0 radical (unpaired) electrons. The zero-order chi connectivity index (χ0) is 10.5. The average molecular weight is 212 g/mol. The first kappa shape index (κ1) is 11.3. The molecule has 0 aromatic rings. The highest BCUT2D eigenvalue weighted by Crippen LogP contribution is 2.17. The summed E-state index contributed by atoms with van der Waals surface area (Å²) in [5.74, 6) is 0.924. The number of nitrogens with one attached hydrogen (secondary N) is 2. The van der Waals surface area contributed by atoms with Crippen molar-refractivity contribution in [3.63, 3.8) is 0 Å². The molecule has 0 spiro atoms. The van der Waals surface area contributed by atoms with Crippen molar-refractivity contribution in [2.45, 2.75) is 12.8 Å². The van der Waals surface area contributed by atoms with E-state index >= 15 is 0 Å². The van der Waals surface area contributed by atoms with Crippen LogP contribution in [0.4, 0.5) is 0 Å². The molecule has 0 saturated carbocycles. The molecule has 88 valence electrons. The molecule has 0 amide bonds. The maximum absolute atomic E-state index is 3.41. The van der Waals surface area contributed by atoms with Crippen LogP contribution in [0.15, 0.2) is 0 Å². The zero-order valence-corrected chi connectivity index (χ0v) is 9.84. The smallest absolute Gasteiger partial charge is 0.0134 e. The molecule has 0 atom stereocenters. The minimum atomic E-state index is 0.924. The van der Waals surface area contributed by atoms with Gasteiger partial charge in [-0.1, -0.05) is 0 Å². The normalized spacial score (nSPS) is 27.0. The van der Waals surface area contributed by atoms with Gasteiger partial charge in [0.25, 0.3) is 0 Å². The summed E-state index contributed by atoms with van der Waals surface area (Å²) in [6.07, 6.45) is 2.70. The quantitative estimate of drug-likeness (QED) is 0.675. The lowest BCUT2D eigenvalue weighted by molar-refractivity contribution is 0.108. The minimum Gasteiger partial charge on any atom is -0.314 e. The SMILES string of the molecule is CNN1CCC(CN2CCNCC2)CC1. The second kappa shape index (κ2) is 5.80. The predicted molar refractivity (Wildman–Crippen MR) is 62.7 cm³/mol. The number of piperazine rings is 1. The van der Waals surface area contributed by atoms with E-state index in [1.807, 2.05) is 7.05 Å². The van der Waals surface area contributed by atoms with Crippen molar-refractivity contribution in [3.8, 4) is 0 Å². The summed E-state index contributed by atoms with van der Waals surface area (Å²) < 4.78 is 0. The van der Waals surface area contributed by atoms with Crippen molar-refractivity contribution >= 4 is 0 Å². The fourth-order valence-electron chi connectivity index (χ4n) is 2.60. The molecular formula is C11H24N4. The molecule has 4 heteroatoms. The molecule has 2 fully saturated rings. The van der Waals surface area contributed by atoms with Crippen molar-refractivity contribution < 1.29 is 0 Å². The lowest BCUT2D eigenvalue weighted by Crippen LogP contribution is -2.48. The third kappa shape index (κ3) is 3.41. The fourth-order valence-corrected chi connectivity index (χ4v) is 2.60. The van der Waals surface area contributed by atoms with E-state index in [2.05, 4.69) is 20.7 Å². The second-order valence-electron chi connectivity index (χ2n) is 4.70. The Hall–Kier alpha value is -0.160. The number of hydrazine groups is 1. The highest BCUT2D eigenvalue weighted by Gasteiger charge is 2.21. The van der Waals surface area contributed by atoms with Crippen LogP contribution in [0.3, 0.4) is 0 Å². The van der Waals surface area contributed by atoms with Gasteiger partial charge >= 0.3 is 0 Å². The molecule has 2 rings (SSSR count).